The molecule has 0 aliphatic heterocycles. The predicted molar refractivity (Wildman–Crippen MR) is 73.0 cm³/mol. The lowest BCUT2D eigenvalue weighted by atomic mass is 9.94. The second kappa shape index (κ2) is 5.57. The van der Waals surface area contributed by atoms with Crippen molar-refractivity contribution >= 4 is 28.3 Å². The first kappa shape index (κ1) is 15.1. The van der Waals surface area contributed by atoms with E-state index in [0.29, 0.717) is 11.5 Å². The molecule has 0 aliphatic rings. The molecule has 3 nitrogen and oxygen atoms in total. The molecule has 0 aliphatic carbocycles. The normalized spacial score (nSPS) is 14.8. The molecule has 0 saturated carbocycles. The van der Waals surface area contributed by atoms with Gasteiger partial charge >= 0.3 is 6.18 Å². The van der Waals surface area contributed by atoms with Crippen LogP contribution in [0.2, 0.25) is 0 Å². The number of rotatable bonds is 4. The number of anilines is 1. The van der Waals surface area contributed by atoms with E-state index in [0.717, 1.165) is 5.56 Å². The molecule has 2 rings (SSSR count). The van der Waals surface area contributed by atoms with Crippen LogP contribution in [0.25, 0.3) is 0 Å². The topological polar surface area (TPSA) is 37.8 Å². The van der Waals surface area contributed by atoms with Crippen LogP contribution in [0.3, 0.4) is 0 Å². The Kier molecular flexibility index (Phi) is 4.19. The van der Waals surface area contributed by atoms with E-state index in [1.165, 1.54) is 0 Å². The molecule has 0 fully saturated rings. The van der Waals surface area contributed by atoms with Crippen molar-refractivity contribution in [2.24, 2.45) is 0 Å². The fraction of sp³-hybridized carbons (Fsp3) is 0.333. The number of hydrogen-bond donors (Lipinski definition) is 1. The highest BCUT2D eigenvalue weighted by atomic mass is 35.5. The maximum atomic E-state index is 12.5. The smallest absolute Gasteiger partial charge is 0.350 e. The zero-order chi connectivity index (χ0) is 14.8. The van der Waals surface area contributed by atoms with Crippen LogP contribution in [0.15, 0.2) is 30.3 Å². The summed E-state index contributed by atoms with van der Waals surface area (Å²) in [5.74, 6) is -0.965. The highest BCUT2D eigenvalue weighted by Gasteiger charge is 2.37. The van der Waals surface area contributed by atoms with Crippen LogP contribution < -0.4 is 5.32 Å². The number of nitrogens with zero attached hydrogens (tertiary/aromatic N) is 2. The van der Waals surface area contributed by atoms with Gasteiger partial charge in [-0.3, -0.25) is 0 Å². The molecule has 1 atom stereocenters. The van der Waals surface area contributed by atoms with Crippen molar-refractivity contribution in [3.63, 3.8) is 0 Å². The number of nitrogens with one attached hydrogen (secondary N) is 1. The molecule has 108 valence electrons. The van der Waals surface area contributed by atoms with Crippen LogP contribution in [0.1, 0.15) is 18.3 Å². The van der Waals surface area contributed by atoms with E-state index >= 15 is 0 Å². The van der Waals surface area contributed by atoms with Gasteiger partial charge in [0, 0.05) is 17.4 Å². The number of hydrogen-bond acceptors (Lipinski definition) is 4. The molecular weight excluding hydrogens is 311 g/mol. The van der Waals surface area contributed by atoms with Crippen molar-refractivity contribution in [1.29, 1.82) is 0 Å². The quantitative estimate of drug-likeness (QED) is 0.861. The van der Waals surface area contributed by atoms with Gasteiger partial charge in [0.1, 0.15) is 0 Å². The molecule has 0 bridgehead atoms. The molecule has 1 heterocycles. The maximum absolute atomic E-state index is 12.5. The minimum atomic E-state index is -4.54. The van der Waals surface area contributed by atoms with Gasteiger partial charge in [-0.2, -0.15) is 22.5 Å². The lowest BCUT2D eigenvalue weighted by molar-refractivity contribution is -0.144. The Hall–Kier alpha value is -1.34. The summed E-state index contributed by atoms with van der Waals surface area (Å²) in [6, 6.07) is 9.22. The average molecular weight is 322 g/mol. The summed E-state index contributed by atoms with van der Waals surface area (Å²) in [7, 11) is 0. The van der Waals surface area contributed by atoms with Crippen LogP contribution in [0, 0.1) is 0 Å². The second-order valence-electron chi connectivity index (χ2n) is 4.38. The Morgan fingerprint density at radius 3 is 2.40 bits per heavy atom. The van der Waals surface area contributed by atoms with E-state index in [9.17, 15) is 13.2 Å². The fourth-order valence-electron chi connectivity index (χ4n) is 1.61. The fourth-order valence-corrected chi connectivity index (χ4v) is 2.55. The molecule has 1 aromatic carbocycles. The maximum Gasteiger partial charge on any atom is 0.452 e. The number of halogens is 4. The molecule has 1 unspecified atom stereocenters. The number of aromatic nitrogens is 2. The second-order valence-corrected chi connectivity index (χ2v) is 5.40. The van der Waals surface area contributed by atoms with Gasteiger partial charge in [-0.05, 0) is 12.5 Å². The zero-order valence-electron chi connectivity index (χ0n) is 10.4. The molecule has 0 spiro atoms. The third-order valence-electron chi connectivity index (χ3n) is 2.74. The summed E-state index contributed by atoms with van der Waals surface area (Å²) in [5.41, 5.74) is 0.143. The van der Waals surface area contributed by atoms with Crippen LogP contribution in [0.5, 0.6) is 0 Å². The van der Waals surface area contributed by atoms with E-state index in [-0.39, 0.29) is 11.0 Å². The van der Waals surface area contributed by atoms with Crippen LogP contribution in [0.4, 0.5) is 18.3 Å². The van der Waals surface area contributed by atoms with E-state index in [2.05, 4.69) is 14.7 Å². The summed E-state index contributed by atoms with van der Waals surface area (Å²) in [5, 5.41) is 3.01. The van der Waals surface area contributed by atoms with Crippen molar-refractivity contribution in [2.75, 3.05) is 11.2 Å². The van der Waals surface area contributed by atoms with E-state index in [4.69, 9.17) is 11.6 Å². The van der Waals surface area contributed by atoms with Gasteiger partial charge < -0.3 is 5.32 Å². The third-order valence-corrected chi connectivity index (χ3v) is 3.91. The van der Waals surface area contributed by atoms with Crippen molar-refractivity contribution < 1.29 is 13.2 Å². The first-order valence-electron chi connectivity index (χ1n) is 5.66. The number of alkyl halides is 4. The minimum absolute atomic E-state index is 0.0873. The van der Waals surface area contributed by atoms with Gasteiger partial charge in [0.15, 0.2) is 0 Å². The summed E-state index contributed by atoms with van der Waals surface area (Å²) < 4.78 is 40.7. The van der Waals surface area contributed by atoms with Gasteiger partial charge in [-0.25, -0.2) is 0 Å². The SMILES string of the molecule is CC(CCl)(Nc1nc(C(F)(F)F)ns1)c1ccccc1. The lowest BCUT2D eigenvalue weighted by Gasteiger charge is -2.28. The summed E-state index contributed by atoms with van der Waals surface area (Å²) >= 11 is 6.62. The Balaban J connectivity index is 2.25. The monoisotopic (exact) mass is 321 g/mol. The van der Waals surface area contributed by atoms with E-state index in [1.807, 2.05) is 30.3 Å². The third kappa shape index (κ3) is 3.21. The van der Waals surface area contributed by atoms with Crippen LogP contribution in [-0.4, -0.2) is 15.2 Å². The number of benzene rings is 1. The molecule has 2 aromatic rings. The largest absolute Gasteiger partial charge is 0.452 e. The van der Waals surface area contributed by atoms with Crippen molar-refractivity contribution in [3.8, 4) is 0 Å². The van der Waals surface area contributed by atoms with E-state index < -0.39 is 17.5 Å². The van der Waals surface area contributed by atoms with Gasteiger partial charge in [0.05, 0.1) is 5.54 Å². The Morgan fingerprint density at radius 1 is 1.25 bits per heavy atom. The molecule has 0 radical (unpaired) electrons. The molecule has 0 amide bonds. The summed E-state index contributed by atoms with van der Waals surface area (Å²) in [6.07, 6.45) is -4.54. The molecule has 8 heteroatoms. The van der Waals surface area contributed by atoms with Crippen molar-refractivity contribution in [2.45, 2.75) is 18.6 Å². The van der Waals surface area contributed by atoms with Gasteiger partial charge in [0.25, 0.3) is 0 Å². The van der Waals surface area contributed by atoms with Gasteiger partial charge in [0.2, 0.25) is 11.0 Å². The Morgan fingerprint density at radius 2 is 1.90 bits per heavy atom. The zero-order valence-corrected chi connectivity index (χ0v) is 12.0. The summed E-state index contributed by atoms with van der Waals surface area (Å²) in [4.78, 5) is 3.45. The van der Waals surface area contributed by atoms with Crippen LogP contribution in [-0.2, 0) is 11.7 Å². The highest BCUT2D eigenvalue weighted by molar-refractivity contribution is 7.09. The minimum Gasteiger partial charge on any atom is -0.350 e. The van der Waals surface area contributed by atoms with Gasteiger partial charge in [-0.15, -0.1) is 11.6 Å². The standard InChI is InChI=1S/C12H11ClF3N3S/c1-11(7-13,8-5-3-2-4-6-8)18-10-17-9(19-20-10)12(14,15)16/h2-6H,7H2,1H3,(H,17,18,19). The first-order valence-corrected chi connectivity index (χ1v) is 6.96. The van der Waals surface area contributed by atoms with Gasteiger partial charge in [-0.1, -0.05) is 30.3 Å². The molecule has 1 N–H and O–H groups in total. The Bertz CT molecular complexity index is 573. The van der Waals surface area contributed by atoms with Crippen molar-refractivity contribution in [3.05, 3.63) is 41.7 Å². The predicted octanol–water partition coefficient (Wildman–Crippen LogP) is 4.12. The molecule has 0 saturated heterocycles. The summed E-state index contributed by atoms with van der Waals surface area (Å²) in [6.45, 7) is 1.80. The van der Waals surface area contributed by atoms with Crippen LogP contribution >= 0.6 is 23.1 Å². The molecular formula is C12H11ClF3N3S. The molecule has 1 aromatic heterocycles. The highest BCUT2D eigenvalue weighted by Crippen LogP contribution is 2.32. The van der Waals surface area contributed by atoms with Crippen molar-refractivity contribution in [1.82, 2.24) is 9.36 Å². The van der Waals surface area contributed by atoms with E-state index in [1.54, 1.807) is 6.92 Å². The Labute approximate surface area is 123 Å². The molecule has 20 heavy (non-hydrogen) atoms. The average Bonchev–Trinajstić information content (AvgIpc) is 2.88. The lowest BCUT2D eigenvalue weighted by Crippen LogP contribution is -2.33. The first-order chi connectivity index (χ1) is 9.35.